The van der Waals surface area contributed by atoms with Crippen molar-refractivity contribution in [3.8, 4) is 0 Å². The van der Waals surface area contributed by atoms with Crippen molar-refractivity contribution in [1.29, 1.82) is 0 Å². The Morgan fingerprint density at radius 3 is 2.36 bits per heavy atom. The minimum atomic E-state index is -0.698. The zero-order valence-electron chi connectivity index (χ0n) is 15.5. The molecule has 1 fully saturated rings. The third-order valence-corrected chi connectivity index (χ3v) is 5.75. The van der Waals surface area contributed by atoms with Gasteiger partial charge in [0.2, 0.25) is 5.91 Å². The Labute approximate surface area is 180 Å². The number of anilines is 1. The molecule has 0 bridgehead atoms. The molecule has 1 amide bonds. The molecule has 28 heavy (non-hydrogen) atoms. The summed E-state index contributed by atoms with van der Waals surface area (Å²) in [6.45, 7) is 7.22. The molecule has 0 aromatic heterocycles. The number of nitrogens with zero attached hydrogens (tertiary/aromatic N) is 2. The van der Waals surface area contributed by atoms with E-state index in [4.69, 9.17) is 40.5 Å². The van der Waals surface area contributed by atoms with Crippen LogP contribution in [0.25, 0.3) is 0 Å². The van der Waals surface area contributed by atoms with E-state index >= 15 is 0 Å². The van der Waals surface area contributed by atoms with Gasteiger partial charge >= 0.3 is 0 Å². The summed E-state index contributed by atoms with van der Waals surface area (Å²) >= 11 is 18.6. The minimum absolute atomic E-state index is 0.0917. The SMILES string of the molecule is C=C(C)C(N)C(=O)N1CCN(c2ccc(Cl)cc2Cl)C(c2ccc(Cl)cc2)C1. The number of carbonyl (C=O) groups excluding carboxylic acids is 1. The van der Waals surface area contributed by atoms with Crippen molar-refractivity contribution in [2.45, 2.75) is 19.0 Å². The minimum Gasteiger partial charge on any atom is -0.360 e. The fourth-order valence-electron chi connectivity index (χ4n) is 3.36. The van der Waals surface area contributed by atoms with Gasteiger partial charge in [-0.15, -0.1) is 0 Å². The van der Waals surface area contributed by atoms with Crippen molar-refractivity contribution in [1.82, 2.24) is 4.90 Å². The van der Waals surface area contributed by atoms with E-state index in [9.17, 15) is 4.79 Å². The largest absolute Gasteiger partial charge is 0.360 e. The first-order chi connectivity index (χ1) is 13.3. The number of carbonyl (C=O) groups is 1. The van der Waals surface area contributed by atoms with Crippen LogP contribution >= 0.6 is 34.8 Å². The van der Waals surface area contributed by atoms with Crippen molar-refractivity contribution < 1.29 is 4.79 Å². The van der Waals surface area contributed by atoms with Gasteiger partial charge in [-0.25, -0.2) is 0 Å². The molecule has 1 aliphatic rings. The maximum atomic E-state index is 12.8. The zero-order chi connectivity index (χ0) is 20.4. The maximum Gasteiger partial charge on any atom is 0.243 e. The average molecular weight is 439 g/mol. The van der Waals surface area contributed by atoms with E-state index in [1.165, 1.54) is 0 Å². The Hall–Kier alpha value is -1.72. The van der Waals surface area contributed by atoms with Crippen LogP contribution in [-0.4, -0.2) is 36.5 Å². The Bertz CT molecular complexity index is 885. The van der Waals surface area contributed by atoms with Gasteiger partial charge in [-0.2, -0.15) is 0 Å². The Morgan fingerprint density at radius 2 is 1.75 bits per heavy atom. The van der Waals surface area contributed by atoms with Crippen LogP contribution in [0, 0.1) is 0 Å². The molecule has 0 radical (unpaired) electrons. The summed E-state index contributed by atoms with van der Waals surface area (Å²) < 4.78 is 0. The van der Waals surface area contributed by atoms with Crippen LogP contribution in [-0.2, 0) is 4.79 Å². The number of nitrogens with two attached hydrogens (primary N) is 1. The van der Waals surface area contributed by atoms with Crippen LogP contribution in [0.3, 0.4) is 0 Å². The van der Waals surface area contributed by atoms with Crippen LogP contribution in [0.2, 0.25) is 15.1 Å². The smallest absolute Gasteiger partial charge is 0.243 e. The van der Waals surface area contributed by atoms with Crippen LogP contribution in [0.5, 0.6) is 0 Å². The summed E-state index contributed by atoms with van der Waals surface area (Å²) in [5, 5.41) is 1.82. The number of hydrogen-bond acceptors (Lipinski definition) is 3. The number of piperazine rings is 1. The molecule has 4 nitrogen and oxygen atoms in total. The molecule has 2 N–H and O–H groups in total. The van der Waals surface area contributed by atoms with Crippen molar-refractivity contribution >= 4 is 46.4 Å². The van der Waals surface area contributed by atoms with Crippen molar-refractivity contribution in [3.05, 3.63) is 75.2 Å². The third kappa shape index (κ3) is 4.47. The fourth-order valence-corrected chi connectivity index (χ4v) is 4.01. The van der Waals surface area contributed by atoms with Crippen molar-refractivity contribution in [3.63, 3.8) is 0 Å². The second-order valence-corrected chi connectivity index (χ2v) is 8.24. The van der Waals surface area contributed by atoms with E-state index in [-0.39, 0.29) is 11.9 Å². The van der Waals surface area contributed by atoms with Gasteiger partial charge < -0.3 is 15.5 Å². The number of rotatable bonds is 4. The first-order valence-corrected chi connectivity index (χ1v) is 10.1. The predicted octanol–water partition coefficient (Wildman–Crippen LogP) is 4.94. The van der Waals surface area contributed by atoms with Gasteiger partial charge in [-0.05, 0) is 42.8 Å². The lowest BCUT2D eigenvalue weighted by atomic mass is 10.00. The van der Waals surface area contributed by atoms with E-state index in [1.54, 1.807) is 17.9 Å². The number of benzene rings is 2. The summed E-state index contributed by atoms with van der Waals surface area (Å²) in [6, 6.07) is 12.3. The Kier molecular flexibility index (Phi) is 6.56. The number of amides is 1. The van der Waals surface area contributed by atoms with E-state index < -0.39 is 6.04 Å². The van der Waals surface area contributed by atoms with Gasteiger partial charge in [0, 0.05) is 29.7 Å². The van der Waals surface area contributed by atoms with Crippen LogP contribution in [0.4, 0.5) is 5.69 Å². The molecule has 1 aliphatic heterocycles. The lowest BCUT2D eigenvalue weighted by Gasteiger charge is -2.44. The van der Waals surface area contributed by atoms with Gasteiger partial charge in [-0.1, -0.05) is 59.1 Å². The molecule has 0 spiro atoms. The van der Waals surface area contributed by atoms with Gasteiger partial charge in [0.15, 0.2) is 0 Å². The summed E-state index contributed by atoms with van der Waals surface area (Å²) in [6.07, 6.45) is 0. The zero-order valence-corrected chi connectivity index (χ0v) is 17.8. The standard InChI is InChI=1S/C21H22Cl3N3O/c1-13(2)20(25)21(28)26-9-10-27(18-8-7-16(23)11-17(18)24)19(12-26)14-3-5-15(22)6-4-14/h3-8,11,19-20H,1,9-10,12,25H2,2H3. The normalized spacial score (nSPS) is 18.1. The summed E-state index contributed by atoms with van der Waals surface area (Å²) in [5.41, 5.74) is 8.59. The van der Waals surface area contributed by atoms with Crippen molar-refractivity contribution in [2.75, 3.05) is 24.5 Å². The highest BCUT2D eigenvalue weighted by molar-refractivity contribution is 6.36. The van der Waals surface area contributed by atoms with Gasteiger partial charge in [-0.3, -0.25) is 4.79 Å². The van der Waals surface area contributed by atoms with E-state index in [0.29, 0.717) is 40.3 Å². The molecular weight excluding hydrogens is 417 g/mol. The second-order valence-electron chi connectivity index (χ2n) is 6.96. The van der Waals surface area contributed by atoms with Crippen molar-refractivity contribution in [2.24, 2.45) is 5.73 Å². The molecular formula is C21H22Cl3N3O. The van der Waals surface area contributed by atoms with Gasteiger partial charge in [0.1, 0.15) is 6.04 Å². The molecule has 148 valence electrons. The van der Waals surface area contributed by atoms with Gasteiger partial charge in [0.05, 0.1) is 16.8 Å². The quantitative estimate of drug-likeness (QED) is 0.688. The highest BCUT2D eigenvalue weighted by Gasteiger charge is 2.33. The molecule has 0 aliphatic carbocycles. The molecule has 7 heteroatoms. The molecule has 0 saturated carbocycles. The van der Waals surface area contributed by atoms with Crippen LogP contribution in [0.1, 0.15) is 18.5 Å². The highest BCUT2D eigenvalue weighted by atomic mass is 35.5. The first-order valence-electron chi connectivity index (χ1n) is 8.95. The third-order valence-electron chi connectivity index (χ3n) is 4.96. The molecule has 2 aromatic carbocycles. The summed E-state index contributed by atoms with van der Waals surface area (Å²) in [7, 11) is 0. The summed E-state index contributed by atoms with van der Waals surface area (Å²) in [4.78, 5) is 16.8. The monoisotopic (exact) mass is 437 g/mol. The topological polar surface area (TPSA) is 49.6 Å². The predicted molar refractivity (Wildman–Crippen MR) is 117 cm³/mol. The Balaban J connectivity index is 1.95. The van der Waals surface area contributed by atoms with Gasteiger partial charge in [0.25, 0.3) is 0 Å². The lowest BCUT2D eigenvalue weighted by molar-refractivity contribution is -0.132. The van der Waals surface area contributed by atoms with E-state index in [0.717, 1.165) is 11.3 Å². The van der Waals surface area contributed by atoms with E-state index in [1.807, 2.05) is 36.4 Å². The Morgan fingerprint density at radius 1 is 1.11 bits per heavy atom. The molecule has 2 atom stereocenters. The number of hydrogen-bond donors (Lipinski definition) is 1. The average Bonchev–Trinajstić information content (AvgIpc) is 2.67. The van der Waals surface area contributed by atoms with Crippen LogP contribution < -0.4 is 10.6 Å². The second kappa shape index (κ2) is 8.75. The highest BCUT2D eigenvalue weighted by Crippen LogP contribution is 2.37. The lowest BCUT2D eigenvalue weighted by Crippen LogP contribution is -2.54. The fraction of sp³-hybridized carbons (Fsp3) is 0.286. The molecule has 3 rings (SSSR count). The molecule has 2 aromatic rings. The van der Waals surface area contributed by atoms with E-state index in [2.05, 4.69) is 11.5 Å². The number of halogens is 3. The molecule has 1 saturated heterocycles. The summed E-state index contributed by atoms with van der Waals surface area (Å²) in [5.74, 6) is -0.117. The van der Waals surface area contributed by atoms with Crippen LogP contribution in [0.15, 0.2) is 54.6 Å². The first kappa shape index (κ1) is 21.0. The molecule has 1 heterocycles. The molecule has 2 unspecified atom stereocenters. The maximum absolute atomic E-state index is 12.8.